The summed E-state index contributed by atoms with van der Waals surface area (Å²) >= 11 is 0. The zero-order valence-electron chi connectivity index (χ0n) is 14.7. The maximum Gasteiger partial charge on any atom is 0.164 e. The molecule has 140 valence electrons. The first-order chi connectivity index (χ1) is 12.5. The van der Waals surface area contributed by atoms with E-state index in [1.807, 2.05) is 0 Å². The van der Waals surface area contributed by atoms with Crippen LogP contribution in [0.15, 0.2) is 60.7 Å². The average Bonchev–Trinajstić information content (AvgIpc) is 2.68. The Morgan fingerprint density at radius 3 is 1.88 bits per heavy atom. The van der Waals surface area contributed by atoms with Crippen LogP contribution in [0.25, 0.3) is 0 Å². The van der Waals surface area contributed by atoms with Crippen molar-refractivity contribution in [2.45, 2.75) is 30.9 Å². The van der Waals surface area contributed by atoms with Crippen molar-refractivity contribution in [1.82, 2.24) is 0 Å². The molecule has 26 heavy (non-hydrogen) atoms. The van der Waals surface area contributed by atoms with Crippen LogP contribution in [0.1, 0.15) is 46.9 Å². The predicted molar refractivity (Wildman–Crippen MR) is 99.8 cm³/mol. The van der Waals surface area contributed by atoms with Gasteiger partial charge in [-0.15, -0.1) is 0 Å². The van der Waals surface area contributed by atoms with Gasteiger partial charge in [-0.1, -0.05) is 60.7 Å². The van der Waals surface area contributed by atoms with Crippen molar-refractivity contribution in [3.8, 4) is 0 Å². The number of piperidine rings is 1. The van der Waals surface area contributed by atoms with Crippen molar-refractivity contribution in [2.75, 3.05) is 13.1 Å². The summed E-state index contributed by atoms with van der Waals surface area (Å²) in [5.41, 5.74) is 0.740. The lowest BCUT2D eigenvalue weighted by molar-refractivity contribution is -0.662. The Morgan fingerprint density at radius 2 is 1.46 bits per heavy atom. The maximum absolute atomic E-state index is 12.1. The molecule has 6 heteroatoms. The SMILES string of the molecule is C1CC[NH2+]CC1.O=C(CC(c1ccccc1)S(=O)(=O)[O-])c1ccccc1. The first kappa shape index (κ1) is 20.3. The fourth-order valence-electron chi connectivity index (χ4n) is 2.86. The molecule has 5 nitrogen and oxygen atoms in total. The molecule has 0 aliphatic carbocycles. The third-order valence-corrected chi connectivity index (χ3v) is 5.44. The highest BCUT2D eigenvalue weighted by atomic mass is 32.2. The minimum atomic E-state index is -4.59. The number of ketones is 1. The topological polar surface area (TPSA) is 90.9 Å². The van der Waals surface area contributed by atoms with Crippen molar-refractivity contribution in [3.63, 3.8) is 0 Å². The third-order valence-electron chi connectivity index (χ3n) is 4.30. The van der Waals surface area contributed by atoms with Crippen molar-refractivity contribution in [2.24, 2.45) is 0 Å². The molecule has 0 saturated carbocycles. The number of nitrogens with two attached hydrogens (primary N) is 1. The Labute approximate surface area is 155 Å². The Kier molecular flexibility index (Phi) is 7.97. The summed E-state index contributed by atoms with van der Waals surface area (Å²) in [5, 5.41) is 1.04. The second-order valence-corrected chi connectivity index (χ2v) is 7.87. The molecule has 1 atom stereocenters. The highest BCUT2D eigenvalue weighted by Gasteiger charge is 2.22. The van der Waals surface area contributed by atoms with Crippen LogP contribution in [-0.2, 0) is 10.1 Å². The van der Waals surface area contributed by atoms with Crippen molar-refractivity contribution >= 4 is 15.9 Å². The van der Waals surface area contributed by atoms with E-state index >= 15 is 0 Å². The Balaban J connectivity index is 0.000000342. The first-order valence-electron chi connectivity index (χ1n) is 8.88. The maximum atomic E-state index is 12.1. The Bertz CT molecular complexity index is 760. The van der Waals surface area contributed by atoms with Gasteiger partial charge < -0.3 is 9.87 Å². The number of carbonyl (C=O) groups is 1. The monoisotopic (exact) mass is 375 g/mol. The molecule has 0 aromatic heterocycles. The van der Waals surface area contributed by atoms with Crippen molar-refractivity contribution in [3.05, 3.63) is 71.8 Å². The number of hydrogen-bond donors (Lipinski definition) is 1. The zero-order valence-corrected chi connectivity index (χ0v) is 15.5. The largest absolute Gasteiger partial charge is 0.747 e. The molecule has 2 aromatic carbocycles. The number of benzene rings is 2. The van der Waals surface area contributed by atoms with Crippen LogP contribution in [-0.4, -0.2) is 31.8 Å². The summed E-state index contributed by atoms with van der Waals surface area (Å²) in [5.74, 6) is -0.362. The summed E-state index contributed by atoms with van der Waals surface area (Å²) in [6.07, 6.45) is 4.01. The molecule has 1 heterocycles. The molecule has 1 unspecified atom stereocenters. The van der Waals surface area contributed by atoms with Gasteiger partial charge in [0.05, 0.1) is 18.3 Å². The number of carbonyl (C=O) groups excluding carboxylic acids is 1. The van der Waals surface area contributed by atoms with Crippen LogP contribution >= 0.6 is 0 Å². The molecular weight excluding hydrogens is 350 g/mol. The van der Waals surface area contributed by atoms with Crippen LogP contribution in [0.3, 0.4) is 0 Å². The van der Waals surface area contributed by atoms with Gasteiger partial charge in [0.2, 0.25) is 0 Å². The lowest BCUT2D eigenvalue weighted by Gasteiger charge is -2.20. The highest BCUT2D eigenvalue weighted by molar-refractivity contribution is 7.86. The molecule has 1 saturated heterocycles. The van der Waals surface area contributed by atoms with Crippen molar-refractivity contribution in [1.29, 1.82) is 0 Å². The average molecular weight is 375 g/mol. The van der Waals surface area contributed by atoms with Gasteiger partial charge >= 0.3 is 0 Å². The van der Waals surface area contributed by atoms with Gasteiger partial charge in [0.15, 0.2) is 5.78 Å². The summed E-state index contributed by atoms with van der Waals surface area (Å²) in [7, 11) is -4.59. The minimum absolute atomic E-state index is 0.340. The first-order valence-corrected chi connectivity index (χ1v) is 10.3. The minimum Gasteiger partial charge on any atom is -0.747 e. The molecule has 1 fully saturated rings. The van der Waals surface area contributed by atoms with E-state index in [1.165, 1.54) is 32.4 Å². The second kappa shape index (κ2) is 10.2. The van der Waals surface area contributed by atoms with Gasteiger partial charge in [0.1, 0.15) is 10.1 Å². The quantitative estimate of drug-likeness (QED) is 0.641. The fourth-order valence-corrected chi connectivity index (χ4v) is 3.71. The molecule has 1 aliphatic heterocycles. The number of Topliss-reactive ketones (excluding diaryl/α,β-unsaturated/α-hetero) is 1. The molecule has 0 bridgehead atoms. The number of rotatable bonds is 5. The molecule has 2 aromatic rings. The Hall–Kier alpha value is -2.02. The van der Waals surface area contributed by atoms with Gasteiger partial charge in [-0.25, -0.2) is 8.42 Å². The second-order valence-electron chi connectivity index (χ2n) is 6.31. The lowest BCUT2D eigenvalue weighted by atomic mass is 10.0. The molecule has 3 rings (SSSR count). The van der Waals surface area contributed by atoms with E-state index in [2.05, 4.69) is 5.32 Å². The van der Waals surface area contributed by atoms with E-state index in [9.17, 15) is 17.8 Å². The summed E-state index contributed by atoms with van der Waals surface area (Å²) < 4.78 is 34.2. The van der Waals surface area contributed by atoms with Gasteiger partial charge in [0.25, 0.3) is 0 Å². The van der Waals surface area contributed by atoms with E-state index in [1.54, 1.807) is 60.7 Å². The van der Waals surface area contributed by atoms with Crippen LogP contribution in [0.2, 0.25) is 0 Å². The van der Waals surface area contributed by atoms with E-state index in [0.717, 1.165) is 0 Å². The van der Waals surface area contributed by atoms with Crippen molar-refractivity contribution < 1.29 is 23.1 Å². The molecular formula is C20H25NO4S. The summed E-state index contributed by atoms with van der Waals surface area (Å²) in [4.78, 5) is 12.1. The van der Waals surface area contributed by atoms with Gasteiger partial charge in [0, 0.05) is 12.0 Å². The molecule has 0 radical (unpaired) electrons. The van der Waals surface area contributed by atoms with Crippen LogP contribution < -0.4 is 5.32 Å². The van der Waals surface area contributed by atoms with Gasteiger partial charge in [-0.3, -0.25) is 4.79 Å². The third kappa shape index (κ3) is 6.71. The van der Waals surface area contributed by atoms with E-state index in [4.69, 9.17) is 0 Å². The van der Waals surface area contributed by atoms with Crippen LogP contribution in [0.5, 0.6) is 0 Å². The highest BCUT2D eigenvalue weighted by Crippen LogP contribution is 2.26. The van der Waals surface area contributed by atoms with Crippen LogP contribution in [0, 0.1) is 0 Å². The number of hydrogen-bond acceptors (Lipinski definition) is 4. The van der Waals surface area contributed by atoms with Crippen LogP contribution in [0.4, 0.5) is 0 Å². The molecule has 0 spiro atoms. The summed E-state index contributed by atoms with van der Waals surface area (Å²) in [6.45, 7) is 2.75. The fraction of sp³-hybridized carbons (Fsp3) is 0.350. The zero-order chi connectivity index (χ0) is 18.8. The van der Waals surface area contributed by atoms with E-state index in [-0.39, 0.29) is 12.2 Å². The van der Waals surface area contributed by atoms with Gasteiger partial charge in [-0.2, -0.15) is 0 Å². The Morgan fingerprint density at radius 1 is 0.923 bits per heavy atom. The standard InChI is InChI=1S/C15H14O4S.C5H11N/c16-14(12-7-3-1-4-8-12)11-15(20(17,18)19)13-9-5-2-6-10-13;1-2-4-6-5-3-1/h1-10,15H,11H2,(H,17,18,19);6H,1-5H2. The molecule has 1 aliphatic rings. The predicted octanol–water partition coefficient (Wildman–Crippen LogP) is 2.28. The van der Waals surface area contributed by atoms with E-state index in [0.29, 0.717) is 11.1 Å². The number of quaternary nitrogens is 1. The van der Waals surface area contributed by atoms with Gasteiger partial charge in [-0.05, 0) is 24.8 Å². The molecule has 0 amide bonds. The summed E-state index contributed by atoms with van der Waals surface area (Å²) in [6, 6.07) is 16.4. The smallest absolute Gasteiger partial charge is 0.164 e. The normalized spacial score (nSPS) is 15.4. The lowest BCUT2D eigenvalue weighted by Crippen LogP contribution is -2.85. The van der Waals surface area contributed by atoms with E-state index < -0.39 is 15.4 Å². The molecule has 2 N–H and O–H groups in total.